The summed E-state index contributed by atoms with van der Waals surface area (Å²) in [5.41, 5.74) is 4.89. The van der Waals surface area contributed by atoms with Gasteiger partial charge < -0.3 is 24.1 Å². The molecule has 34 heavy (non-hydrogen) atoms. The summed E-state index contributed by atoms with van der Waals surface area (Å²) in [5, 5.41) is 2.93. The normalized spacial score (nSPS) is 12.9. The second-order valence-electron chi connectivity index (χ2n) is 8.26. The van der Waals surface area contributed by atoms with Gasteiger partial charge in [0.25, 0.3) is 5.91 Å². The Morgan fingerprint density at radius 1 is 1.18 bits per heavy atom. The van der Waals surface area contributed by atoms with Crippen molar-refractivity contribution < 1.29 is 23.5 Å². The highest BCUT2D eigenvalue weighted by molar-refractivity contribution is 5.91. The second-order valence-corrected chi connectivity index (χ2v) is 8.26. The maximum atomic E-state index is 13.0. The van der Waals surface area contributed by atoms with Crippen LogP contribution in [0.2, 0.25) is 0 Å². The van der Waals surface area contributed by atoms with Gasteiger partial charge in [-0.15, -0.1) is 0 Å². The van der Waals surface area contributed by atoms with E-state index < -0.39 is 0 Å². The van der Waals surface area contributed by atoms with Gasteiger partial charge in [-0.1, -0.05) is 18.2 Å². The third-order valence-corrected chi connectivity index (χ3v) is 6.08. The summed E-state index contributed by atoms with van der Waals surface area (Å²) in [6.45, 7) is 3.70. The molecule has 0 saturated heterocycles. The fraction of sp³-hybridized carbons (Fsp3) is 0.346. The first-order chi connectivity index (χ1) is 16.5. The summed E-state index contributed by atoms with van der Waals surface area (Å²) < 4.78 is 15.9. The highest BCUT2D eigenvalue weighted by Crippen LogP contribution is 2.26. The van der Waals surface area contributed by atoms with Crippen LogP contribution in [0.15, 0.2) is 47.0 Å². The van der Waals surface area contributed by atoms with E-state index in [0.717, 1.165) is 33.7 Å². The molecule has 0 saturated carbocycles. The predicted molar refractivity (Wildman–Crippen MR) is 125 cm³/mol. The first kappa shape index (κ1) is 23.5. The lowest BCUT2D eigenvalue weighted by Gasteiger charge is -2.30. The van der Waals surface area contributed by atoms with E-state index in [1.165, 1.54) is 0 Å². The number of carbonyl (C=O) groups excluding carboxylic acids is 2. The van der Waals surface area contributed by atoms with E-state index >= 15 is 0 Å². The van der Waals surface area contributed by atoms with E-state index in [0.29, 0.717) is 38.4 Å². The lowest BCUT2D eigenvalue weighted by atomic mass is 9.94. The number of benzene rings is 1. The molecule has 2 amide bonds. The van der Waals surface area contributed by atoms with Gasteiger partial charge in [0.05, 0.1) is 13.5 Å². The lowest BCUT2D eigenvalue weighted by Crippen LogP contribution is -2.38. The molecule has 178 valence electrons. The number of para-hydroxylation sites is 1. The molecule has 0 aliphatic carbocycles. The highest BCUT2D eigenvalue weighted by Gasteiger charge is 2.25. The summed E-state index contributed by atoms with van der Waals surface area (Å²) in [5.74, 6) is 1.32. The molecule has 0 radical (unpaired) electrons. The standard InChI is InChI=1S/C26H29N3O5/c1-17-22(14-28-26(31)24-9-8-20(34-24)16-32-2)21-10-11-29(15-19(21)13-27-17)25(30)12-18-6-4-5-7-23(18)33-3/h4-9,13H,10-12,14-16H2,1-3H3,(H,28,31). The zero-order valence-corrected chi connectivity index (χ0v) is 19.7. The van der Waals surface area contributed by atoms with Gasteiger partial charge in [0.15, 0.2) is 5.76 Å². The predicted octanol–water partition coefficient (Wildman–Crippen LogP) is 3.20. The van der Waals surface area contributed by atoms with Crippen molar-refractivity contribution in [3.8, 4) is 5.75 Å². The molecule has 0 fully saturated rings. The molecule has 2 aromatic heterocycles. The van der Waals surface area contributed by atoms with E-state index in [4.69, 9.17) is 13.9 Å². The van der Waals surface area contributed by atoms with Crippen LogP contribution in [-0.2, 0) is 42.1 Å². The van der Waals surface area contributed by atoms with Crippen LogP contribution in [0.3, 0.4) is 0 Å². The van der Waals surface area contributed by atoms with Crippen LogP contribution in [0.5, 0.6) is 5.75 Å². The van der Waals surface area contributed by atoms with Crippen molar-refractivity contribution in [2.75, 3.05) is 20.8 Å². The van der Waals surface area contributed by atoms with Gasteiger partial charge in [-0.3, -0.25) is 14.6 Å². The number of nitrogens with one attached hydrogen (secondary N) is 1. The Kier molecular flexibility index (Phi) is 7.27. The Hall–Kier alpha value is -3.65. The third kappa shape index (κ3) is 5.12. The molecule has 3 heterocycles. The number of hydrogen-bond acceptors (Lipinski definition) is 6. The van der Waals surface area contributed by atoms with Crippen molar-refractivity contribution in [2.45, 2.75) is 39.5 Å². The summed E-state index contributed by atoms with van der Waals surface area (Å²) in [6.07, 6.45) is 2.83. The number of methoxy groups -OCH3 is 2. The zero-order chi connectivity index (χ0) is 24.1. The van der Waals surface area contributed by atoms with Crippen LogP contribution in [0.1, 0.15) is 44.3 Å². The Morgan fingerprint density at radius 3 is 2.79 bits per heavy atom. The first-order valence-electron chi connectivity index (χ1n) is 11.2. The molecule has 0 atom stereocenters. The molecule has 1 aliphatic rings. The van der Waals surface area contributed by atoms with Crippen molar-refractivity contribution >= 4 is 11.8 Å². The van der Waals surface area contributed by atoms with Crippen LogP contribution in [-0.4, -0.2) is 42.5 Å². The molecule has 4 rings (SSSR count). The van der Waals surface area contributed by atoms with E-state index in [-0.39, 0.29) is 24.0 Å². The quantitative estimate of drug-likeness (QED) is 0.551. The van der Waals surface area contributed by atoms with Gasteiger partial charge in [0.2, 0.25) is 5.91 Å². The third-order valence-electron chi connectivity index (χ3n) is 6.08. The van der Waals surface area contributed by atoms with Crippen molar-refractivity contribution in [1.29, 1.82) is 0 Å². The van der Waals surface area contributed by atoms with Gasteiger partial charge in [-0.25, -0.2) is 0 Å². The number of amides is 2. The van der Waals surface area contributed by atoms with Crippen LogP contribution < -0.4 is 10.1 Å². The van der Waals surface area contributed by atoms with E-state index in [2.05, 4.69) is 10.3 Å². The van der Waals surface area contributed by atoms with Crippen molar-refractivity contribution in [2.24, 2.45) is 0 Å². The molecule has 1 aliphatic heterocycles. The zero-order valence-electron chi connectivity index (χ0n) is 19.7. The van der Waals surface area contributed by atoms with Crippen LogP contribution in [0.4, 0.5) is 0 Å². The van der Waals surface area contributed by atoms with Gasteiger partial charge in [-0.2, -0.15) is 0 Å². The highest BCUT2D eigenvalue weighted by atomic mass is 16.5. The fourth-order valence-corrected chi connectivity index (χ4v) is 4.27. The summed E-state index contributed by atoms with van der Waals surface area (Å²) in [7, 11) is 3.18. The molecule has 0 bridgehead atoms. The maximum absolute atomic E-state index is 13.0. The maximum Gasteiger partial charge on any atom is 0.287 e. The molecule has 1 N–H and O–H groups in total. The molecule has 0 unspecified atom stereocenters. The van der Waals surface area contributed by atoms with Crippen LogP contribution >= 0.6 is 0 Å². The minimum Gasteiger partial charge on any atom is -0.496 e. The first-order valence-corrected chi connectivity index (χ1v) is 11.2. The van der Waals surface area contributed by atoms with Crippen molar-refractivity contribution in [3.63, 3.8) is 0 Å². The smallest absolute Gasteiger partial charge is 0.287 e. The summed E-state index contributed by atoms with van der Waals surface area (Å²) >= 11 is 0. The van der Waals surface area contributed by atoms with Crippen LogP contribution in [0, 0.1) is 6.92 Å². The van der Waals surface area contributed by atoms with Gasteiger partial charge in [-0.05, 0) is 48.2 Å². The van der Waals surface area contributed by atoms with E-state index in [9.17, 15) is 9.59 Å². The largest absolute Gasteiger partial charge is 0.496 e. The second kappa shape index (κ2) is 10.5. The molecular formula is C26H29N3O5. The number of aromatic nitrogens is 1. The molecule has 8 heteroatoms. The number of ether oxygens (including phenoxy) is 2. The number of nitrogens with zero attached hydrogens (tertiary/aromatic N) is 2. The molecule has 3 aromatic rings. The Labute approximate surface area is 198 Å². The average Bonchev–Trinajstić information content (AvgIpc) is 3.32. The number of furan rings is 1. The molecule has 1 aromatic carbocycles. The van der Waals surface area contributed by atoms with E-state index in [1.54, 1.807) is 26.4 Å². The van der Waals surface area contributed by atoms with Gasteiger partial charge in [0.1, 0.15) is 18.1 Å². The summed E-state index contributed by atoms with van der Waals surface area (Å²) in [6, 6.07) is 10.9. The molecule has 8 nitrogen and oxygen atoms in total. The number of rotatable bonds is 8. The molecule has 0 spiro atoms. The number of aryl methyl sites for hydroxylation is 1. The lowest BCUT2D eigenvalue weighted by molar-refractivity contribution is -0.131. The van der Waals surface area contributed by atoms with Crippen molar-refractivity contribution in [1.82, 2.24) is 15.2 Å². The number of fused-ring (bicyclic) bond motifs is 1. The molecular weight excluding hydrogens is 434 g/mol. The van der Waals surface area contributed by atoms with Crippen LogP contribution in [0.25, 0.3) is 0 Å². The minimum absolute atomic E-state index is 0.0512. The monoisotopic (exact) mass is 463 g/mol. The average molecular weight is 464 g/mol. The minimum atomic E-state index is -0.288. The van der Waals surface area contributed by atoms with Crippen molar-refractivity contribution in [3.05, 3.63) is 82.1 Å². The Morgan fingerprint density at radius 2 is 2.00 bits per heavy atom. The fourth-order valence-electron chi connectivity index (χ4n) is 4.27. The topological polar surface area (TPSA) is 93.9 Å². The van der Waals surface area contributed by atoms with Gasteiger partial charge >= 0.3 is 0 Å². The number of pyridine rings is 1. The Balaban J connectivity index is 1.43. The summed E-state index contributed by atoms with van der Waals surface area (Å²) in [4.78, 5) is 31.9. The number of hydrogen-bond donors (Lipinski definition) is 1. The SMILES string of the molecule is COCc1ccc(C(=O)NCc2c(C)ncc3c2CCN(C(=O)Cc2ccccc2OC)C3)o1. The number of carbonyl (C=O) groups is 2. The Bertz CT molecular complexity index is 1190. The van der Waals surface area contributed by atoms with E-state index in [1.807, 2.05) is 42.3 Å². The van der Waals surface area contributed by atoms with Gasteiger partial charge in [0, 0.05) is 44.2 Å².